The van der Waals surface area contributed by atoms with E-state index in [2.05, 4.69) is 0 Å². The molecular formula is C12H15F3O2. The number of fused-ring (bicyclic) bond motifs is 2. The number of carbonyl (C=O) groups excluding carboxylic acids is 2. The van der Waals surface area contributed by atoms with E-state index in [1.54, 1.807) is 20.8 Å². The molecule has 0 N–H and O–H groups in total. The van der Waals surface area contributed by atoms with Gasteiger partial charge in [0.2, 0.25) is 5.78 Å². The maximum atomic E-state index is 12.5. The van der Waals surface area contributed by atoms with Gasteiger partial charge in [-0.05, 0) is 24.2 Å². The minimum atomic E-state index is -4.91. The lowest BCUT2D eigenvalue weighted by atomic mass is 9.70. The molecule has 2 saturated carbocycles. The van der Waals surface area contributed by atoms with Gasteiger partial charge in [0.15, 0.2) is 0 Å². The smallest absolute Gasteiger partial charge is 0.298 e. The number of halogens is 3. The molecule has 2 bridgehead atoms. The van der Waals surface area contributed by atoms with Crippen molar-refractivity contribution in [1.82, 2.24) is 0 Å². The molecule has 0 spiro atoms. The maximum absolute atomic E-state index is 12.5. The molecule has 0 aromatic rings. The highest BCUT2D eigenvalue weighted by atomic mass is 19.4. The van der Waals surface area contributed by atoms with E-state index in [4.69, 9.17) is 0 Å². The highest BCUT2D eigenvalue weighted by Gasteiger charge is 2.70. The molecule has 2 aliphatic rings. The first-order valence-electron chi connectivity index (χ1n) is 5.69. The fourth-order valence-electron chi connectivity index (χ4n) is 3.56. The second-order valence-corrected chi connectivity index (χ2v) is 5.90. The molecule has 2 nitrogen and oxygen atoms in total. The molecule has 0 unspecified atom stereocenters. The molecule has 2 rings (SSSR count). The number of carbonyl (C=O) groups is 2. The molecule has 0 heterocycles. The molecule has 3 atom stereocenters. The van der Waals surface area contributed by atoms with E-state index in [1.165, 1.54) is 0 Å². The summed E-state index contributed by atoms with van der Waals surface area (Å²) in [5.74, 6) is -4.30. The standard InChI is InChI=1S/C12H15F3O2/c1-10(2)6-4-5-11(10,3)8(16)7(6)9(17)12(13,14)15/h6-7H,4-5H2,1-3H3/t6-,7-,11+/m1/s1. The highest BCUT2D eigenvalue weighted by Crippen LogP contribution is 2.66. The number of hydrogen-bond acceptors (Lipinski definition) is 2. The lowest BCUT2D eigenvalue weighted by Crippen LogP contribution is -2.40. The van der Waals surface area contributed by atoms with E-state index in [0.29, 0.717) is 12.8 Å². The van der Waals surface area contributed by atoms with Crippen LogP contribution in [0.15, 0.2) is 0 Å². The molecule has 2 fully saturated rings. The van der Waals surface area contributed by atoms with Crippen molar-refractivity contribution in [3.8, 4) is 0 Å². The summed E-state index contributed by atoms with van der Waals surface area (Å²) in [6, 6.07) is 0. The Hall–Kier alpha value is -0.870. The van der Waals surface area contributed by atoms with Crippen molar-refractivity contribution in [3.05, 3.63) is 0 Å². The van der Waals surface area contributed by atoms with Crippen LogP contribution in [0.25, 0.3) is 0 Å². The van der Waals surface area contributed by atoms with Gasteiger partial charge in [0.05, 0.1) is 5.92 Å². The van der Waals surface area contributed by atoms with Gasteiger partial charge in [-0.25, -0.2) is 0 Å². The van der Waals surface area contributed by atoms with E-state index < -0.39 is 40.4 Å². The van der Waals surface area contributed by atoms with Crippen molar-refractivity contribution in [2.24, 2.45) is 22.7 Å². The van der Waals surface area contributed by atoms with Crippen molar-refractivity contribution >= 4 is 11.6 Å². The zero-order chi connectivity index (χ0) is 13.2. The van der Waals surface area contributed by atoms with E-state index in [9.17, 15) is 22.8 Å². The first-order valence-corrected chi connectivity index (χ1v) is 5.69. The van der Waals surface area contributed by atoms with Gasteiger partial charge in [-0.3, -0.25) is 9.59 Å². The molecule has 0 aliphatic heterocycles. The van der Waals surface area contributed by atoms with Crippen LogP contribution >= 0.6 is 0 Å². The van der Waals surface area contributed by atoms with E-state index in [-0.39, 0.29) is 0 Å². The van der Waals surface area contributed by atoms with Gasteiger partial charge in [0, 0.05) is 5.41 Å². The van der Waals surface area contributed by atoms with Crippen LogP contribution in [0.5, 0.6) is 0 Å². The summed E-state index contributed by atoms with van der Waals surface area (Å²) in [5.41, 5.74) is -1.29. The molecule has 0 aromatic heterocycles. The first kappa shape index (κ1) is 12.6. The lowest BCUT2D eigenvalue weighted by Gasteiger charge is -2.32. The van der Waals surface area contributed by atoms with Crippen LogP contribution in [0.4, 0.5) is 13.2 Å². The van der Waals surface area contributed by atoms with Gasteiger partial charge < -0.3 is 0 Å². The number of rotatable bonds is 1. The van der Waals surface area contributed by atoms with Crippen molar-refractivity contribution in [1.29, 1.82) is 0 Å². The summed E-state index contributed by atoms with van der Waals surface area (Å²) in [4.78, 5) is 23.4. The first-order chi connectivity index (χ1) is 7.53. The molecule has 0 aromatic carbocycles. The molecular weight excluding hydrogens is 233 g/mol. The summed E-state index contributed by atoms with van der Waals surface area (Å²) < 4.78 is 37.4. The Morgan fingerprint density at radius 3 is 2.18 bits per heavy atom. The van der Waals surface area contributed by atoms with E-state index in [0.717, 1.165) is 0 Å². The number of alkyl halides is 3. The highest BCUT2D eigenvalue weighted by molar-refractivity contribution is 6.09. The molecule has 2 aliphatic carbocycles. The van der Waals surface area contributed by atoms with Gasteiger partial charge in [-0.2, -0.15) is 13.2 Å². The van der Waals surface area contributed by atoms with Crippen molar-refractivity contribution in [3.63, 3.8) is 0 Å². The van der Waals surface area contributed by atoms with Crippen molar-refractivity contribution in [2.75, 3.05) is 0 Å². The fourth-order valence-corrected chi connectivity index (χ4v) is 3.56. The average Bonchev–Trinajstić information content (AvgIpc) is 2.47. The van der Waals surface area contributed by atoms with E-state index in [1.807, 2.05) is 0 Å². The summed E-state index contributed by atoms with van der Waals surface area (Å²) in [7, 11) is 0. The third-order valence-electron chi connectivity index (χ3n) is 5.09. The Morgan fingerprint density at radius 1 is 1.29 bits per heavy atom. The Balaban J connectivity index is 2.42. The van der Waals surface area contributed by atoms with Gasteiger partial charge in [-0.1, -0.05) is 20.8 Å². The molecule has 0 saturated heterocycles. The predicted molar refractivity (Wildman–Crippen MR) is 54.2 cm³/mol. The van der Waals surface area contributed by atoms with Crippen LogP contribution in [0, 0.1) is 22.7 Å². The minimum Gasteiger partial charge on any atom is -0.298 e. The Labute approximate surface area is 97.6 Å². The van der Waals surface area contributed by atoms with Gasteiger partial charge >= 0.3 is 6.18 Å². The Morgan fingerprint density at radius 2 is 1.82 bits per heavy atom. The average molecular weight is 248 g/mol. The third-order valence-corrected chi connectivity index (χ3v) is 5.09. The quantitative estimate of drug-likeness (QED) is 0.669. The van der Waals surface area contributed by atoms with E-state index >= 15 is 0 Å². The van der Waals surface area contributed by atoms with Crippen LogP contribution in [0.2, 0.25) is 0 Å². The van der Waals surface area contributed by atoms with Gasteiger partial charge in [0.1, 0.15) is 5.78 Å². The molecule has 0 radical (unpaired) electrons. The Bertz CT molecular complexity index is 397. The van der Waals surface area contributed by atoms with Crippen LogP contribution in [-0.2, 0) is 9.59 Å². The second-order valence-electron chi connectivity index (χ2n) is 5.90. The number of hydrogen-bond donors (Lipinski definition) is 0. The monoisotopic (exact) mass is 248 g/mol. The largest absolute Gasteiger partial charge is 0.450 e. The van der Waals surface area contributed by atoms with Gasteiger partial charge in [-0.15, -0.1) is 0 Å². The normalized spacial score (nSPS) is 39.8. The zero-order valence-electron chi connectivity index (χ0n) is 10.0. The minimum absolute atomic E-state index is 0.464. The summed E-state index contributed by atoms with van der Waals surface area (Å²) in [6.45, 7) is 5.29. The topological polar surface area (TPSA) is 34.1 Å². The molecule has 96 valence electrons. The Kier molecular flexibility index (Phi) is 2.31. The summed E-state index contributed by atoms with van der Waals surface area (Å²) in [5, 5.41) is 0. The number of Topliss-reactive ketones (excluding diaryl/α,β-unsaturated/α-hetero) is 2. The lowest BCUT2D eigenvalue weighted by molar-refractivity contribution is -0.178. The predicted octanol–water partition coefficient (Wildman–Crippen LogP) is 2.76. The number of ketones is 2. The van der Waals surface area contributed by atoms with Crippen molar-refractivity contribution < 1.29 is 22.8 Å². The summed E-state index contributed by atoms with van der Waals surface area (Å²) >= 11 is 0. The molecule has 5 heteroatoms. The van der Waals surface area contributed by atoms with Crippen LogP contribution in [-0.4, -0.2) is 17.7 Å². The molecule has 17 heavy (non-hydrogen) atoms. The fraction of sp³-hybridized carbons (Fsp3) is 0.833. The maximum Gasteiger partial charge on any atom is 0.450 e. The van der Waals surface area contributed by atoms with Gasteiger partial charge in [0.25, 0.3) is 0 Å². The van der Waals surface area contributed by atoms with Crippen LogP contribution < -0.4 is 0 Å². The van der Waals surface area contributed by atoms with Crippen LogP contribution in [0.1, 0.15) is 33.6 Å². The van der Waals surface area contributed by atoms with Crippen LogP contribution in [0.3, 0.4) is 0 Å². The summed E-state index contributed by atoms with van der Waals surface area (Å²) in [6.07, 6.45) is -3.79. The van der Waals surface area contributed by atoms with Crippen molar-refractivity contribution in [2.45, 2.75) is 39.8 Å². The second kappa shape index (κ2) is 3.12. The SMILES string of the molecule is CC1(C)[C@@H]2CC[C@@]1(C)C(=O)[C@@H]2C(=O)C(F)(F)F. The molecule has 0 amide bonds. The zero-order valence-corrected chi connectivity index (χ0v) is 10.0. The third kappa shape index (κ3) is 1.34.